The number of thiophene rings is 1. The molecular formula is C16H17N3S2. The fourth-order valence-electron chi connectivity index (χ4n) is 2.08. The first-order valence-electron chi connectivity index (χ1n) is 6.93. The molecule has 3 aromatic heterocycles. The molecule has 0 saturated carbocycles. The zero-order chi connectivity index (χ0) is 14.5. The van der Waals surface area contributed by atoms with Crippen LogP contribution in [0.5, 0.6) is 0 Å². The van der Waals surface area contributed by atoms with Crippen LogP contribution >= 0.6 is 22.7 Å². The molecule has 0 bridgehead atoms. The van der Waals surface area contributed by atoms with Crippen LogP contribution in [0.4, 0.5) is 0 Å². The van der Waals surface area contributed by atoms with E-state index in [1.165, 1.54) is 15.3 Å². The number of hydrogen-bond acceptors (Lipinski definition) is 5. The van der Waals surface area contributed by atoms with E-state index in [-0.39, 0.29) is 0 Å². The average Bonchev–Trinajstić information content (AvgIpc) is 3.13. The van der Waals surface area contributed by atoms with E-state index < -0.39 is 0 Å². The van der Waals surface area contributed by atoms with Gasteiger partial charge in [-0.05, 0) is 36.1 Å². The number of rotatable bonds is 6. The molecule has 0 aliphatic carbocycles. The molecular weight excluding hydrogens is 298 g/mol. The maximum Gasteiger partial charge on any atom is 0.107 e. The minimum Gasteiger partial charge on any atom is -0.310 e. The van der Waals surface area contributed by atoms with Crippen molar-refractivity contribution in [1.82, 2.24) is 15.3 Å². The molecule has 0 radical (unpaired) electrons. The quantitative estimate of drug-likeness (QED) is 0.701. The SMILES string of the molecule is Cc1ccsc1-c1cnc(CNCCc2ccccn2)s1. The Morgan fingerprint density at radius 1 is 1.19 bits per heavy atom. The van der Waals surface area contributed by atoms with E-state index in [4.69, 9.17) is 0 Å². The Balaban J connectivity index is 1.50. The van der Waals surface area contributed by atoms with Gasteiger partial charge in [-0.1, -0.05) is 6.07 Å². The predicted molar refractivity (Wildman–Crippen MR) is 89.8 cm³/mol. The summed E-state index contributed by atoms with van der Waals surface area (Å²) >= 11 is 3.56. The van der Waals surface area contributed by atoms with Gasteiger partial charge < -0.3 is 5.32 Å². The third-order valence-electron chi connectivity index (χ3n) is 3.20. The lowest BCUT2D eigenvalue weighted by Gasteiger charge is -2.01. The summed E-state index contributed by atoms with van der Waals surface area (Å²) in [5.41, 5.74) is 2.46. The first-order valence-corrected chi connectivity index (χ1v) is 8.62. The normalized spacial score (nSPS) is 10.9. The molecule has 1 N–H and O–H groups in total. The molecule has 3 heterocycles. The average molecular weight is 315 g/mol. The van der Waals surface area contributed by atoms with Crippen LogP contribution in [0.3, 0.4) is 0 Å². The van der Waals surface area contributed by atoms with Crippen LogP contribution in [0, 0.1) is 6.92 Å². The van der Waals surface area contributed by atoms with Crippen LogP contribution in [-0.2, 0) is 13.0 Å². The molecule has 3 aromatic rings. The molecule has 3 rings (SSSR count). The smallest absolute Gasteiger partial charge is 0.107 e. The van der Waals surface area contributed by atoms with E-state index in [0.717, 1.165) is 30.2 Å². The second-order valence-corrected chi connectivity index (χ2v) is 6.83. The summed E-state index contributed by atoms with van der Waals surface area (Å²) in [6.45, 7) is 3.89. The number of nitrogens with one attached hydrogen (secondary N) is 1. The van der Waals surface area contributed by atoms with Gasteiger partial charge in [-0.2, -0.15) is 0 Å². The minimum atomic E-state index is 0.821. The zero-order valence-electron chi connectivity index (χ0n) is 11.9. The molecule has 108 valence electrons. The maximum absolute atomic E-state index is 4.50. The van der Waals surface area contributed by atoms with Crippen molar-refractivity contribution >= 4 is 22.7 Å². The molecule has 0 aromatic carbocycles. The highest BCUT2D eigenvalue weighted by molar-refractivity contribution is 7.21. The molecule has 0 unspecified atom stereocenters. The fraction of sp³-hybridized carbons (Fsp3) is 0.250. The van der Waals surface area contributed by atoms with E-state index in [2.05, 4.69) is 39.7 Å². The molecule has 0 aliphatic rings. The van der Waals surface area contributed by atoms with Gasteiger partial charge in [0.15, 0.2) is 0 Å². The number of aromatic nitrogens is 2. The lowest BCUT2D eigenvalue weighted by molar-refractivity contribution is 0.677. The molecule has 0 saturated heterocycles. The van der Waals surface area contributed by atoms with Crippen LogP contribution < -0.4 is 5.32 Å². The second-order valence-electron chi connectivity index (χ2n) is 4.80. The Bertz CT molecular complexity index is 688. The second kappa shape index (κ2) is 6.93. The van der Waals surface area contributed by atoms with E-state index in [1.54, 1.807) is 22.7 Å². The molecule has 5 heteroatoms. The van der Waals surface area contributed by atoms with Crippen molar-refractivity contribution in [2.24, 2.45) is 0 Å². The van der Waals surface area contributed by atoms with E-state index in [9.17, 15) is 0 Å². The van der Waals surface area contributed by atoms with Crippen molar-refractivity contribution in [3.05, 3.63) is 58.3 Å². The van der Waals surface area contributed by atoms with Gasteiger partial charge in [0.05, 0.1) is 4.88 Å². The Morgan fingerprint density at radius 2 is 2.14 bits per heavy atom. The summed E-state index contributed by atoms with van der Waals surface area (Å²) < 4.78 is 0. The van der Waals surface area contributed by atoms with Crippen molar-refractivity contribution in [3.8, 4) is 9.75 Å². The summed E-state index contributed by atoms with van der Waals surface area (Å²) in [5.74, 6) is 0. The van der Waals surface area contributed by atoms with Gasteiger partial charge in [-0.15, -0.1) is 22.7 Å². The van der Waals surface area contributed by atoms with Crippen LogP contribution in [0.25, 0.3) is 9.75 Å². The van der Waals surface area contributed by atoms with Crippen molar-refractivity contribution in [3.63, 3.8) is 0 Å². The van der Waals surface area contributed by atoms with Crippen molar-refractivity contribution in [2.45, 2.75) is 19.9 Å². The summed E-state index contributed by atoms with van der Waals surface area (Å²) in [7, 11) is 0. The first-order chi connectivity index (χ1) is 10.3. The highest BCUT2D eigenvalue weighted by Gasteiger charge is 2.08. The van der Waals surface area contributed by atoms with Crippen LogP contribution in [0.1, 0.15) is 16.3 Å². The summed E-state index contributed by atoms with van der Waals surface area (Å²) in [4.78, 5) is 11.4. The molecule has 0 amide bonds. The van der Waals surface area contributed by atoms with Gasteiger partial charge >= 0.3 is 0 Å². The molecule has 21 heavy (non-hydrogen) atoms. The number of pyridine rings is 1. The number of thiazole rings is 1. The van der Waals surface area contributed by atoms with E-state index in [0.29, 0.717) is 0 Å². The molecule has 0 aliphatic heterocycles. The Kier molecular flexibility index (Phi) is 4.75. The van der Waals surface area contributed by atoms with Crippen LogP contribution in [0.15, 0.2) is 42.0 Å². The minimum absolute atomic E-state index is 0.821. The summed E-state index contributed by atoms with van der Waals surface area (Å²) in [5, 5.41) is 6.71. The highest BCUT2D eigenvalue weighted by Crippen LogP contribution is 2.33. The van der Waals surface area contributed by atoms with Crippen LogP contribution in [0.2, 0.25) is 0 Å². The van der Waals surface area contributed by atoms with Gasteiger partial charge in [0.1, 0.15) is 5.01 Å². The van der Waals surface area contributed by atoms with Gasteiger partial charge in [-0.25, -0.2) is 4.98 Å². The van der Waals surface area contributed by atoms with Crippen molar-refractivity contribution in [1.29, 1.82) is 0 Å². The molecule has 0 spiro atoms. The highest BCUT2D eigenvalue weighted by atomic mass is 32.1. The summed E-state index contributed by atoms with van der Waals surface area (Å²) in [6.07, 6.45) is 4.77. The van der Waals surface area contributed by atoms with E-state index in [1.807, 2.05) is 24.5 Å². The fourth-order valence-corrected chi connectivity index (χ4v) is 4.07. The standard InChI is InChI=1S/C16H17N3S2/c1-12-6-9-20-16(12)14-10-19-15(21-14)11-17-8-5-13-4-2-3-7-18-13/h2-4,6-7,9-10,17H,5,8,11H2,1H3. The molecule has 0 fully saturated rings. The van der Waals surface area contributed by atoms with Gasteiger partial charge in [0, 0.05) is 42.5 Å². The largest absolute Gasteiger partial charge is 0.310 e. The number of hydrogen-bond donors (Lipinski definition) is 1. The number of aryl methyl sites for hydroxylation is 1. The Hall–Kier alpha value is -1.56. The molecule has 0 atom stereocenters. The Morgan fingerprint density at radius 3 is 2.90 bits per heavy atom. The predicted octanol–water partition coefficient (Wildman–Crippen LogP) is 3.91. The Labute approximate surface area is 132 Å². The topological polar surface area (TPSA) is 37.8 Å². The van der Waals surface area contributed by atoms with Crippen molar-refractivity contribution in [2.75, 3.05) is 6.54 Å². The van der Waals surface area contributed by atoms with Crippen molar-refractivity contribution < 1.29 is 0 Å². The van der Waals surface area contributed by atoms with Gasteiger partial charge in [0.2, 0.25) is 0 Å². The lowest BCUT2D eigenvalue weighted by Crippen LogP contribution is -2.16. The molecule has 3 nitrogen and oxygen atoms in total. The lowest BCUT2D eigenvalue weighted by atomic mass is 10.3. The number of nitrogens with zero attached hydrogens (tertiary/aromatic N) is 2. The van der Waals surface area contributed by atoms with Crippen LogP contribution in [-0.4, -0.2) is 16.5 Å². The maximum atomic E-state index is 4.50. The third kappa shape index (κ3) is 3.75. The summed E-state index contributed by atoms with van der Waals surface area (Å²) in [6, 6.07) is 8.19. The zero-order valence-corrected chi connectivity index (χ0v) is 13.5. The third-order valence-corrected chi connectivity index (χ3v) is 5.39. The van der Waals surface area contributed by atoms with E-state index >= 15 is 0 Å². The van der Waals surface area contributed by atoms with Gasteiger partial charge in [-0.3, -0.25) is 4.98 Å². The monoisotopic (exact) mass is 315 g/mol. The van der Waals surface area contributed by atoms with Gasteiger partial charge in [0.25, 0.3) is 0 Å². The first kappa shape index (κ1) is 14.4.